The Morgan fingerprint density at radius 3 is 2.45 bits per heavy atom. The van der Waals surface area contributed by atoms with E-state index in [0.29, 0.717) is 11.5 Å². The van der Waals surface area contributed by atoms with E-state index in [1.54, 1.807) is 18.2 Å². The molecule has 0 bridgehead atoms. The number of amidine groups is 1. The highest BCUT2D eigenvalue weighted by molar-refractivity contribution is 7.99. The van der Waals surface area contributed by atoms with Crippen molar-refractivity contribution in [2.45, 2.75) is 11.9 Å². The predicted octanol–water partition coefficient (Wildman–Crippen LogP) is 4.91. The fourth-order valence-corrected chi connectivity index (χ4v) is 3.46. The number of aromatic nitrogens is 1. The third kappa shape index (κ3) is 4.74. The maximum atomic E-state index is 12.5. The van der Waals surface area contributed by atoms with Gasteiger partial charge in [-0.25, -0.2) is 9.98 Å². The molecule has 0 N–H and O–H groups in total. The molecule has 3 heterocycles. The van der Waals surface area contributed by atoms with Crippen LogP contribution >= 0.6 is 11.8 Å². The summed E-state index contributed by atoms with van der Waals surface area (Å²) in [6.07, 6.45) is 3.99. The normalized spacial score (nSPS) is 18.0. The van der Waals surface area contributed by atoms with Crippen LogP contribution in [0, 0.1) is 0 Å². The summed E-state index contributed by atoms with van der Waals surface area (Å²) < 4.78 is 46.5. The van der Waals surface area contributed by atoms with Gasteiger partial charge in [0.15, 0.2) is 5.50 Å². The van der Waals surface area contributed by atoms with Gasteiger partial charge >= 0.3 is 6.36 Å². The number of allylic oxidation sites excluding steroid dienone is 2. The van der Waals surface area contributed by atoms with Gasteiger partial charge < -0.3 is 9.47 Å². The Morgan fingerprint density at radius 1 is 1.06 bits per heavy atom. The van der Waals surface area contributed by atoms with Gasteiger partial charge in [-0.05, 0) is 41.7 Å². The molecule has 2 aliphatic rings. The van der Waals surface area contributed by atoms with Crippen LogP contribution in [0.2, 0.25) is 0 Å². The number of rotatable bonds is 5. The molecule has 6 nitrogen and oxygen atoms in total. The summed E-state index contributed by atoms with van der Waals surface area (Å²) in [5.41, 5.74) is 2.84. The molecule has 0 saturated heterocycles. The van der Waals surface area contributed by atoms with Crippen LogP contribution in [0.15, 0.2) is 70.4 Å². The van der Waals surface area contributed by atoms with E-state index in [1.807, 2.05) is 42.8 Å². The number of anilines is 1. The number of thioether (sulfide) groups is 1. The monoisotopic (exact) mass is 446 g/mol. The topological polar surface area (TPSA) is 59.3 Å². The molecule has 10 heteroatoms. The number of fused-ring (bicyclic) bond motifs is 1. The van der Waals surface area contributed by atoms with E-state index in [1.165, 1.54) is 30.1 Å². The number of methoxy groups -OCH3 is 1. The highest BCUT2D eigenvalue weighted by Crippen LogP contribution is 2.32. The summed E-state index contributed by atoms with van der Waals surface area (Å²) in [5, 5.41) is 0. The Morgan fingerprint density at radius 2 is 1.84 bits per heavy atom. The van der Waals surface area contributed by atoms with E-state index in [9.17, 15) is 13.2 Å². The molecule has 160 valence electrons. The van der Waals surface area contributed by atoms with Crippen molar-refractivity contribution in [3.63, 3.8) is 0 Å². The fourth-order valence-electron chi connectivity index (χ4n) is 3.07. The lowest BCUT2D eigenvalue weighted by Crippen LogP contribution is -2.33. The van der Waals surface area contributed by atoms with Gasteiger partial charge in [-0.2, -0.15) is 0 Å². The molecule has 2 aromatic rings. The Bertz CT molecular complexity index is 1080. The third-order valence-corrected chi connectivity index (χ3v) is 5.14. The molecule has 0 fully saturated rings. The Hall–Kier alpha value is -3.27. The predicted molar refractivity (Wildman–Crippen MR) is 116 cm³/mol. The first-order valence-corrected chi connectivity index (χ1v) is 10.4. The molecular formula is C21H17F3N4O2S. The minimum Gasteiger partial charge on any atom is -0.497 e. The van der Waals surface area contributed by atoms with Crippen molar-refractivity contribution >= 4 is 35.1 Å². The summed E-state index contributed by atoms with van der Waals surface area (Å²) in [6, 6.07) is 10.2. The van der Waals surface area contributed by atoms with Gasteiger partial charge in [0.05, 0.1) is 19.0 Å². The van der Waals surface area contributed by atoms with Gasteiger partial charge in [-0.1, -0.05) is 12.1 Å². The second kappa shape index (κ2) is 8.46. The first-order chi connectivity index (χ1) is 14.9. The number of ether oxygens (including phenoxy) is 2. The van der Waals surface area contributed by atoms with Gasteiger partial charge in [0, 0.05) is 24.1 Å². The number of pyridine rings is 1. The van der Waals surface area contributed by atoms with Gasteiger partial charge in [0.25, 0.3) is 0 Å². The largest absolute Gasteiger partial charge is 0.574 e. The number of benzene rings is 1. The van der Waals surface area contributed by atoms with Crippen molar-refractivity contribution in [1.82, 2.24) is 4.98 Å². The average molecular weight is 446 g/mol. The summed E-state index contributed by atoms with van der Waals surface area (Å²) in [5.74, 6) is 0.842. The third-order valence-electron chi connectivity index (χ3n) is 4.49. The second-order valence-electron chi connectivity index (χ2n) is 6.48. The van der Waals surface area contributed by atoms with Crippen LogP contribution in [0.25, 0.3) is 5.57 Å². The molecule has 1 aromatic heterocycles. The van der Waals surface area contributed by atoms with E-state index in [-0.39, 0.29) is 5.50 Å². The van der Waals surface area contributed by atoms with Crippen LogP contribution in [0.1, 0.15) is 5.56 Å². The molecule has 0 radical (unpaired) electrons. The minimum absolute atomic E-state index is 0.300. The lowest BCUT2D eigenvalue weighted by Gasteiger charge is -2.30. The molecule has 31 heavy (non-hydrogen) atoms. The number of hydrogen-bond acceptors (Lipinski definition) is 7. The summed E-state index contributed by atoms with van der Waals surface area (Å²) in [7, 11) is 1.60. The first-order valence-electron chi connectivity index (χ1n) is 9.09. The summed E-state index contributed by atoms with van der Waals surface area (Å²) >= 11 is 1.47. The van der Waals surface area contributed by atoms with Crippen molar-refractivity contribution in [2.24, 2.45) is 9.98 Å². The molecule has 0 amide bonds. The zero-order chi connectivity index (χ0) is 22.0. The summed E-state index contributed by atoms with van der Waals surface area (Å²) in [4.78, 5) is 14.7. The van der Waals surface area contributed by atoms with Crippen molar-refractivity contribution in [1.29, 1.82) is 0 Å². The lowest BCUT2D eigenvalue weighted by atomic mass is 9.99. The van der Waals surface area contributed by atoms with E-state index in [4.69, 9.17) is 4.74 Å². The molecule has 0 saturated carbocycles. The molecule has 0 aliphatic carbocycles. The van der Waals surface area contributed by atoms with Crippen molar-refractivity contribution in [3.8, 4) is 11.6 Å². The van der Waals surface area contributed by atoms with Crippen molar-refractivity contribution in [3.05, 3.63) is 66.0 Å². The van der Waals surface area contributed by atoms with E-state index < -0.39 is 12.2 Å². The Kier molecular flexibility index (Phi) is 5.73. The van der Waals surface area contributed by atoms with Crippen LogP contribution in [-0.4, -0.2) is 42.3 Å². The average Bonchev–Trinajstić information content (AvgIpc) is 2.77. The molecular weight excluding hydrogens is 429 g/mol. The van der Waals surface area contributed by atoms with Crippen LogP contribution in [0.3, 0.4) is 0 Å². The number of nitrogens with zero attached hydrogens (tertiary/aromatic N) is 4. The number of halogens is 3. The van der Waals surface area contributed by atoms with E-state index >= 15 is 0 Å². The maximum absolute atomic E-state index is 12.5. The maximum Gasteiger partial charge on any atom is 0.574 e. The van der Waals surface area contributed by atoms with Gasteiger partial charge in [-0.15, -0.1) is 24.9 Å². The standard InChI is InChI=1S/C21H17F3N4O2S/c1-29-17-6-3-13(4-7-17)15-9-14-10-26-20(31-2)27-19(14)28(12-15)16-5-8-18(25-11-16)30-21(22,23)24/h3-12,20H,1-2H3. The first kappa shape index (κ1) is 21.0. The summed E-state index contributed by atoms with van der Waals surface area (Å²) in [6.45, 7) is 0. The van der Waals surface area contributed by atoms with Crippen LogP contribution in [0.5, 0.6) is 11.6 Å². The van der Waals surface area contributed by atoms with Crippen LogP contribution in [-0.2, 0) is 0 Å². The molecule has 4 rings (SSSR count). The molecule has 1 aromatic carbocycles. The van der Waals surface area contributed by atoms with Crippen LogP contribution < -0.4 is 14.4 Å². The number of aliphatic imine (C=N–C) groups is 2. The van der Waals surface area contributed by atoms with E-state index in [0.717, 1.165) is 22.5 Å². The second-order valence-corrected chi connectivity index (χ2v) is 7.37. The smallest absolute Gasteiger partial charge is 0.497 e. The minimum atomic E-state index is -4.80. The quantitative estimate of drug-likeness (QED) is 0.654. The fraction of sp³-hybridized carbons (Fsp3) is 0.190. The zero-order valence-corrected chi connectivity index (χ0v) is 17.3. The Balaban J connectivity index is 1.72. The van der Waals surface area contributed by atoms with Crippen LogP contribution in [0.4, 0.5) is 18.9 Å². The molecule has 1 atom stereocenters. The number of hydrogen-bond donors (Lipinski definition) is 0. The molecule has 2 aliphatic heterocycles. The van der Waals surface area contributed by atoms with Gasteiger partial charge in [0.2, 0.25) is 5.88 Å². The Labute approximate surface area is 180 Å². The van der Waals surface area contributed by atoms with Crippen molar-refractivity contribution in [2.75, 3.05) is 18.3 Å². The highest BCUT2D eigenvalue weighted by atomic mass is 32.2. The SMILES string of the molecule is COc1ccc(C2=CN(c3ccc(OC(F)(F)F)nc3)C3=NC(SC)N=CC3=C2)cc1. The zero-order valence-electron chi connectivity index (χ0n) is 16.5. The number of alkyl halides is 3. The molecule has 0 spiro atoms. The van der Waals surface area contributed by atoms with E-state index in [2.05, 4.69) is 19.7 Å². The highest BCUT2D eigenvalue weighted by Gasteiger charge is 2.32. The van der Waals surface area contributed by atoms with Crippen molar-refractivity contribution < 1.29 is 22.6 Å². The van der Waals surface area contributed by atoms with Gasteiger partial charge in [0.1, 0.15) is 11.6 Å². The van der Waals surface area contributed by atoms with Gasteiger partial charge in [-0.3, -0.25) is 9.89 Å². The molecule has 1 unspecified atom stereocenters. The lowest BCUT2D eigenvalue weighted by molar-refractivity contribution is -0.276.